The highest BCUT2D eigenvalue weighted by atomic mass is 32.2. The molecule has 32 heavy (non-hydrogen) atoms. The van der Waals surface area contributed by atoms with Crippen molar-refractivity contribution < 1.29 is 17.9 Å². The van der Waals surface area contributed by atoms with Crippen LogP contribution in [0.5, 0.6) is 5.75 Å². The zero-order valence-electron chi connectivity index (χ0n) is 17.9. The van der Waals surface area contributed by atoms with Crippen LogP contribution in [0.25, 0.3) is 16.8 Å². The number of nitrogens with one attached hydrogen (secondary N) is 2. The van der Waals surface area contributed by atoms with Crippen LogP contribution in [0.1, 0.15) is 19.3 Å². The predicted molar refractivity (Wildman–Crippen MR) is 118 cm³/mol. The second-order valence-electron chi connectivity index (χ2n) is 8.37. The molecule has 0 amide bonds. The molecule has 2 N–H and O–H groups in total. The molecular formula is C20H27N7O4S. The maximum Gasteiger partial charge on any atom is 0.243 e. The van der Waals surface area contributed by atoms with Crippen LogP contribution in [0, 0.1) is 5.92 Å². The number of piperidine rings is 1. The van der Waals surface area contributed by atoms with E-state index in [9.17, 15) is 8.42 Å². The van der Waals surface area contributed by atoms with Crippen molar-refractivity contribution in [3.8, 4) is 16.9 Å². The Morgan fingerprint density at radius 2 is 2.16 bits per heavy atom. The number of pyridine rings is 1. The molecule has 11 nitrogen and oxygen atoms in total. The number of sulfonamides is 1. The smallest absolute Gasteiger partial charge is 0.243 e. The first-order valence-corrected chi connectivity index (χ1v) is 12.6. The van der Waals surface area contributed by atoms with Gasteiger partial charge in [-0.25, -0.2) is 17.2 Å². The van der Waals surface area contributed by atoms with E-state index in [4.69, 9.17) is 14.5 Å². The average Bonchev–Trinajstić information content (AvgIpc) is 3.53. The van der Waals surface area contributed by atoms with Gasteiger partial charge in [0, 0.05) is 55.2 Å². The Morgan fingerprint density at radius 3 is 2.84 bits per heavy atom. The fraction of sp³-hybridized carbons (Fsp3) is 0.550. The molecule has 2 aliphatic heterocycles. The molecule has 0 aliphatic carbocycles. The summed E-state index contributed by atoms with van der Waals surface area (Å²) in [6, 6.07) is 2.06. The van der Waals surface area contributed by atoms with Crippen molar-refractivity contribution in [2.24, 2.45) is 5.92 Å². The predicted octanol–water partition coefficient (Wildman–Crippen LogP) is 1.37. The van der Waals surface area contributed by atoms with E-state index in [0.717, 1.165) is 24.2 Å². The minimum atomic E-state index is -3.15. The number of aromatic amines is 1. The first-order chi connectivity index (χ1) is 15.5. The van der Waals surface area contributed by atoms with E-state index in [1.165, 1.54) is 10.6 Å². The van der Waals surface area contributed by atoms with Crippen LogP contribution >= 0.6 is 0 Å². The highest BCUT2D eigenvalue weighted by molar-refractivity contribution is 7.88. The van der Waals surface area contributed by atoms with E-state index in [1.54, 1.807) is 10.7 Å². The third kappa shape index (κ3) is 4.43. The molecule has 1 unspecified atom stereocenters. The lowest BCUT2D eigenvalue weighted by molar-refractivity contribution is 0.167. The number of anilines is 1. The van der Waals surface area contributed by atoms with Crippen molar-refractivity contribution in [1.29, 1.82) is 0 Å². The van der Waals surface area contributed by atoms with Crippen LogP contribution < -0.4 is 10.1 Å². The Hall–Kier alpha value is -2.70. The van der Waals surface area contributed by atoms with Crippen molar-refractivity contribution in [2.75, 3.05) is 44.5 Å². The van der Waals surface area contributed by atoms with Gasteiger partial charge in [-0.3, -0.25) is 5.10 Å². The van der Waals surface area contributed by atoms with E-state index in [1.807, 2.05) is 18.5 Å². The van der Waals surface area contributed by atoms with Gasteiger partial charge < -0.3 is 14.8 Å². The topological polar surface area (TPSA) is 127 Å². The highest BCUT2D eigenvalue weighted by Gasteiger charge is 2.26. The molecule has 172 valence electrons. The zero-order valence-corrected chi connectivity index (χ0v) is 18.7. The molecule has 2 fully saturated rings. The van der Waals surface area contributed by atoms with Crippen LogP contribution in [-0.2, 0) is 14.8 Å². The van der Waals surface area contributed by atoms with Crippen molar-refractivity contribution in [3.63, 3.8) is 0 Å². The van der Waals surface area contributed by atoms with E-state index in [2.05, 4.69) is 20.6 Å². The summed E-state index contributed by atoms with van der Waals surface area (Å²) in [5, 5.41) is 14.8. The van der Waals surface area contributed by atoms with E-state index >= 15 is 0 Å². The molecule has 0 aromatic carbocycles. The van der Waals surface area contributed by atoms with Gasteiger partial charge in [-0.15, -0.1) is 5.10 Å². The van der Waals surface area contributed by atoms with Gasteiger partial charge in [-0.1, -0.05) is 0 Å². The number of hydrogen-bond donors (Lipinski definition) is 2. The molecule has 3 aromatic heterocycles. The Labute approximate surface area is 186 Å². The van der Waals surface area contributed by atoms with Gasteiger partial charge in [0.1, 0.15) is 0 Å². The molecule has 0 saturated carbocycles. The van der Waals surface area contributed by atoms with Gasteiger partial charge in [-0.2, -0.15) is 10.1 Å². The first-order valence-electron chi connectivity index (χ1n) is 10.8. The van der Waals surface area contributed by atoms with E-state index in [0.29, 0.717) is 62.4 Å². The van der Waals surface area contributed by atoms with Crippen molar-refractivity contribution in [2.45, 2.75) is 25.3 Å². The molecule has 5 rings (SSSR count). The van der Waals surface area contributed by atoms with Crippen LogP contribution in [0.15, 0.2) is 24.7 Å². The second kappa shape index (κ2) is 8.68. The fourth-order valence-corrected chi connectivity index (χ4v) is 5.06. The Bertz CT molecular complexity index is 1160. The van der Waals surface area contributed by atoms with Gasteiger partial charge in [0.15, 0.2) is 11.4 Å². The Balaban J connectivity index is 1.38. The Morgan fingerprint density at radius 1 is 1.31 bits per heavy atom. The number of fused-ring (bicyclic) bond motifs is 1. The first kappa shape index (κ1) is 21.2. The van der Waals surface area contributed by atoms with E-state index in [-0.39, 0.29) is 6.04 Å². The highest BCUT2D eigenvalue weighted by Crippen LogP contribution is 2.34. The zero-order chi connectivity index (χ0) is 22.1. The molecule has 0 spiro atoms. The quantitative estimate of drug-likeness (QED) is 0.540. The van der Waals surface area contributed by atoms with E-state index < -0.39 is 10.0 Å². The van der Waals surface area contributed by atoms with Gasteiger partial charge in [-0.05, 0) is 25.3 Å². The maximum atomic E-state index is 11.7. The molecule has 0 radical (unpaired) electrons. The van der Waals surface area contributed by atoms with Crippen molar-refractivity contribution in [1.82, 2.24) is 29.1 Å². The number of aromatic nitrogens is 5. The molecule has 1 atom stereocenters. The summed E-state index contributed by atoms with van der Waals surface area (Å²) < 4.78 is 38.4. The minimum absolute atomic E-state index is 0.110. The van der Waals surface area contributed by atoms with Crippen molar-refractivity contribution in [3.05, 3.63) is 24.7 Å². The number of nitrogens with zero attached hydrogens (tertiary/aromatic N) is 5. The van der Waals surface area contributed by atoms with Crippen molar-refractivity contribution >= 4 is 21.6 Å². The number of H-pyrrole nitrogens is 1. The molecule has 2 aliphatic rings. The monoisotopic (exact) mass is 461 g/mol. The second-order valence-corrected chi connectivity index (χ2v) is 10.4. The van der Waals surface area contributed by atoms with Gasteiger partial charge in [0.25, 0.3) is 0 Å². The molecule has 12 heteroatoms. The van der Waals surface area contributed by atoms with Gasteiger partial charge >= 0.3 is 0 Å². The number of hydrogen-bond acceptors (Lipinski definition) is 8. The van der Waals surface area contributed by atoms with Crippen LogP contribution in [0.3, 0.4) is 0 Å². The molecule has 0 bridgehead atoms. The molecule has 2 saturated heterocycles. The average molecular weight is 462 g/mol. The summed E-state index contributed by atoms with van der Waals surface area (Å²) in [5.74, 6) is 1.52. The standard InChI is InChI=1S/C20H27N7O4S/c1-32(28,29)26-6-2-16(3-7-26)23-20-24-19-18(31-13-14-5-9-30-12-14)17(4-8-27(19)25-20)15-10-21-22-11-15/h4,8,10-11,14,16H,2-3,5-7,9,12-13H2,1H3,(H,21,22)(H,23,25). The molecular weight excluding hydrogens is 434 g/mol. The lowest BCUT2D eigenvalue weighted by Gasteiger charge is -2.30. The molecule has 3 aromatic rings. The number of ether oxygens (including phenoxy) is 2. The summed E-state index contributed by atoms with van der Waals surface area (Å²) in [5.41, 5.74) is 2.43. The van der Waals surface area contributed by atoms with Crippen LogP contribution in [0.4, 0.5) is 5.95 Å². The summed E-state index contributed by atoms with van der Waals surface area (Å²) in [6.45, 7) is 3.00. The lowest BCUT2D eigenvalue weighted by atomic mass is 10.1. The third-order valence-electron chi connectivity index (χ3n) is 6.01. The van der Waals surface area contributed by atoms with Crippen LogP contribution in [0.2, 0.25) is 0 Å². The summed E-state index contributed by atoms with van der Waals surface area (Å²) in [7, 11) is -3.15. The normalized spacial score (nSPS) is 20.7. The fourth-order valence-electron chi connectivity index (χ4n) is 4.18. The Kier molecular flexibility index (Phi) is 5.74. The summed E-state index contributed by atoms with van der Waals surface area (Å²) in [6.07, 6.45) is 9.07. The van der Waals surface area contributed by atoms with Gasteiger partial charge in [0.2, 0.25) is 16.0 Å². The molecule has 5 heterocycles. The lowest BCUT2D eigenvalue weighted by Crippen LogP contribution is -2.41. The largest absolute Gasteiger partial charge is 0.489 e. The van der Waals surface area contributed by atoms with Gasteiger partial charge in [0.05, 0.1) is 25.7 Å². The SMILES string of the molecule is CS(=O)(=O)N1CCC(Nc2nc3c(OCC4CCOC4)c(-c4cn[nH]c4)ccn3n2)CC1. The maximum absolute atomic E-state index is 11.7. The minimum Gasteiger partial charge on any atom is -0.489 e. The third-order valence-corrected chi connectivity index (χ3v) is 7.32. The van der Waals surface area contributed by atoms with Crippen LogP contribution in [-0.4, -0.2) is 82.7 Å². The summed E-state index contributed by atoms with van der Waals surface area (Å²) >= 11 is 0. The summed E-state index contributed by atoms with van der Waals surface area (Å²) in [4.78, 5) is 4.71. The number of rotatable bonds is 7.